The first-order valence-corrected chi connectivity index (χ1v) is 12.1. The smallest absolute Gasteiger partial charge is 0.220 e. The number of ether oxygens (including phenoxy) is 2. The normalized spacial score (nSPS) is 12.8. The molecular weight excluding hydrogens is 422 g/mol. The molecule has 0 fully saturated rings. The molecule has 1 N–H and O–H groups in total. The lowest BCUT2D eigenvalue weighted by atomic mass is 10.0. The highest BCUT2D eigenvalue weighted by molar-refractivity contribution is 5.76. The van der Waals surface area contributed by atoms with Crippen LogP contribution in [0.2, 0.25) is 0 Å². The Hall–Kier alpha value is -2.95. The fourth-order valence-electron chi connectivity index (χ4n) is 3.71. The summed E-state index contributed by atoms with van der Waals surface area (Å²) in [6, 6.07) is 26.8. The zero-order valence-electron chi connectivity index (χ0n) is 20.6. The van der Waals surface area contributed by atoms with E-state index >= 15 is 0 Å². The van der Waals surface area contributed by atoms with Crippen LogP contribution in [0.5, 0.6) is 0 Å². The Kier molecular flexibility index (Phi) is 10.3. The molecule has 0 aliphatic rings. The van der Waals surface area contributed by atoms with Gasteiger partial charge in [0.2, 0.25) is 5.91 Å². The van der Waals surface area contributed by atoms with Crippen LogP contribution in [0.4, 0.5) is 0 Å². The van der Waals surface area contributed by atoms with Gasteiger partial charge in [0.05, 0.1) is 32.0 Å². The lowest BCUT2D eigenvalue weighted by molar-refractivity contribution is -0.122. The summed E-state index contributed by atoms with van der Waals surface area (Å²) in [6.45, 7) is 7.66. The van der Waals surface area contributed by atoms with Crippen molar-refractivity contribution in [3.8, 4) is 0 Å². The molecule has 1 amide bonds. The topological polar surface area (TPSA) is 47.6 Å². The van der Waals surface area contributed by atoms with Crippen LogP contribution in [0, 0.1) is 13.8 Å². The molecule has 0 aliphatic carbocycles. The van der Waals surface area contributed by atoms with Gasteiger partial charge in [0.15, 0.2) is 0 Å². The molecule has 180 valence electrons. The average molecular weight is 460 g/mol. The molecular formula is C30H37NO3. The standard InChI is InChI=1S/C30H37NO3/c1-23-9-13-27(14-10-23)19-29(31-30(32)18-17-26-7-5-4-6-8-26)22-33-20-25(3)34-21-28-15-11-24(2)12-16-28/h4-16,25,29H,17-22H2,1-3H3,(H,31,32). The molecule has 3 aromatic carbocycles. The van der Waals surface area contributed by atoms with Crippen LogP contribution in [0.1, 0.15) is 41.2 Å². The van der Waals surface area contributed by atoms with Gasteiger partial charge in [-0.05, 0) is 50.3 Å². The predicted molar refractivity (Wildman–Crippen MR) is 138 cm³/mol. The molecule has 0 radical (unpaired) electrons. The van der Waals surface area contributed by atoms with E-state index in [9.17, 15) is 4.79 Å². The van der Waals surface area contributed by atoms with Crippen molar-refractivity contribution in [2.24, 2.45) is 0 Å². The van der Waals surface area contributed by atoms with Gasteiger partial charge < -0.3 is 14.8 Å². The van der Waals surface area contributed by atoms with Crippen LogP contribution in [0.15, 0.2) is 78.9 Å². The largest absolute Gasteiger partial charge is 0.377 e. The van der Waals surface area contributed by atoms with Gasteiger partial charge >= 0.3 is 0 Å². The summed E-state index contributed by atoms with van der Waals surface area (Å²) >= 11 is 0. The lowest BCUT2D eigenvalue weighted by Crippen LogP contribution is -2.40. The minimum absolute atomic E-state index is 0.0323. The predicted octanol–water partition coefficient (Wildman–Crippen LogP) is 5.59. The molecule has 2 atom stereocenters. The van der Waals surface area contributed by atoms with Gasteiger partial charge in [-0.25, -0.2) is 0 Å². The Morgan fingerprint density at radius 2 is 1.41 bits per heavy atom. The molecule has 3 aromatic rings. The maximum atomic E-state index is 12.7. The minimum atomic E-state index is -0.0877. The van der Waals surface area contributed by atoms with Crippen molar-refractivity contribution in [1.82, 2.24) is 5.32 Å². The maximum Gasteiger partial charge on any atom is 0.220 e. The molecule has 3 rings (SSSR count). The Bertz CT molecular complexity index is 984. The van der Waals surface area contributed by atoms with E-state index in [0.717, 1.165) is 18.4 Å². The fourth-order valence-corrected chi connectivity index (χ4v) is 3.71. The summed E-state index contributed by atoms with van der Waals surface area (Å²) in [5.74, 6) is 0.0493. The highest BCUT2D eigenvalue weighted by Gasteiger charge is 2.15. The summed E-state index contributed by atoms with van der Waals surface area (Å²) in [4.78, 5) is 12.7. The molecule has 4 nitrogen and oxygen atoms in total. The van der Waals surface area contributed by atoms with Gasteiger partial charge in [0.25, 0.3) is 0 Å². The highest BCUT2D eigenvalue weighted by atomic mass is 16.5. The zero-order valence-corrected chi connectivity index (χ0v) is 20.6. The molecule has 0 aromatic heterocycles. The summed E-state index contributed by atoms with van der Waals surface area (Å²) in [7, 11) is 0. The number of benzene rings is 3. The van der Waals surface area contributed by atoms with E-state index in [1.54, 1.807) is 0 Å². The summed E-state index contributed by atoms with van der Waals surface area (Å²) < 4.78 is 11.9. The van der Waals surface area contributed by atoms with Crippen LogP contribution in [-0.4, -0.2) is 31.3 Å². The van der Waals surface area contributed by atoms with Crippen LogP contribution >= 0.6 is 0 Å². The molecule has 0 spiro atoms. The second-order valence-electron chi connectivity index (χ2n) is 9.08. The van der Waals surface area contributed by atoms with E-state index in [1.807, 2.05) is 25.1 Å². The van der Waals surface area contributed by atoms with Crippen molar-refractivity contribution >= 4 is 5.91 Å². The SMILES string of the molecule is Cc1ccc(COC(C)COCC(Cc2ccc(C)cc2)NC(=O)CCc2ccccc2)cc1. The van der Waals surface area contributed by atoms with Crippen molar-refractivity contribution in [3.05, 3.63) is 107 Å². The number of hydrogen-bond donors (Lipinski definition) is 1. The Morgan fingerprint density at radius 3 is 2.06 bits per heavy atom. The van der Waals surface area contributed by atoms with Gasteiger partial charge in [0, 0.05) is 6.42 Å². The quantitative estimate of drug-likeness (QED) is 0.363. The van der Waals surface area contributed by atoms with E-state index in [0.29, 0.717) is 26.2 Å². The number of carbonyl (C=O) groups is 1. The average Bonchev–Trinajstić information content (AvgIpc) is 2.84. The highest BCUT2D eigenvalue weighted by Crippen LogP contribution is 2.10. The molecule has 2 unspecified atom stereocenters. The maximum absolute atomic E-state index is 12.7. The number of hydrogen-bond acceptors (Lipinski definition) is 3. The van der Waals surface area contributed by atoms with Gasteiger partial charge in [-0.15, -0.1) is 0 Å². The number of carbonyl (C=O) groups excluding carboxylic acids is 1. The van der Waals surface area contributed by atoms with Crippen molar-refractivity contribution in [1.29, 1.82) is 0 Å². The Morgan fingerprint density at radius 1 is 0.794 bits per heavy atom. The second-order valence-corrected chi connectivity index (χ2v) is 9.08. The molecule has 4 heteroatoms. The third-order valence-corrected chi connectivity index (χ3v) is 5.78. The Labute approximate surface area is 204 Å². The van der Waals surface area contributed by atoms with E-state index in [2.05, 4.69) is 79.8 Å². The van der Waals surface area contributed by atoms with Crippen LogP contribution in [-0.2, 0) is 33.7 Å². The van der Waals surface area contributed by atoms with Crippen molar-refractivity contribution in [3.63, 3.8) is 0 Å². The molecule has 34 heavy (non-hydrogen) atoms. The first kappa shape index (κ1) is 25.7. The van der Waals surface area contributed by atoms with Gasteiger partial charge in [0.1, 0.15) is 0 Å². The number of aryl methyl sites for hydroxylation is 3. The summed E-state index contributed by atoms with van der Waals surface area (Å²) in [5, 5.41) is 3.18. The van der Waals surface area contributed by atoms with Crippen LogP contribution in [0.3, 0.4) is 0 Å². The van der Waals surface area contributed by atoms with E-state index in [-0.39, 0.29) is 18.1 Å². The third kappa shape index (κ3) is 9.50. The number of amides is 1. The minimum Gasteiger partial charge on any atom is -0.377 e. The zero-order chi connectivity index (χ0) is 24.2. The molecule has 0 bridgehead atoms. The molecule has 0 saturated heterocycles. The first-order chi connectivity index (χ1) is 16.5. The number of rotatable bonds is 13. The lowest BCUT2D eigenvalue weighted by Gasteiger charge is -2.21. The van der Waals surface area contributed by atoms with Gasteiger partial charge in [-0.3, -0.25) is 4.79 Å². The van der Waals surface area contributed by atoms with Crippen LogP contribution in [0.25, 0.3) is 0 Å². The van der Waals surface area contributed by atoms with Gasteiger partial charge in [-0.1, -0.05) is 90.0 Å². The Balaban J connectivity index is 1.47. The molecule has 0 saturated carbocycles. The summed E-state index contributed by atoms with van der Waals surface area (Å²) in [5.41, 5.74) is 5.98. The monoisotopic (exact) mass is 459 g/mol. The molecule has 0 aliphatic heterocycles. The first-order valence-electron chi connectivity index (χ1n) is 12.1. The number of nitrogens with one attached hydrogen (secondary N) is 1. The van der Waals surface area contributed by atoms with E-state index in [4.69, 9.17) is 9.47 Å². The van der Waals surface area contributed by atoms with E-state index in [1.165, 1.54) is 22.3 Å². The van der Waals surface area contributed by atoms with Crippen molar-refractivity contribution in [2.45, 2.75) is 58.8 Å². The van der Waals surface area contributed by atoms with Gasteiger partial charge in [-0.2, -0.15) is 0 Å². The van der Waals surface area contributed by atoms with Crippen LogP contribution < -0.4 is 5.32 Å². The fraction of sp³-hybridized carbons (Fsp3) is 0.367. The van der Waals surface area contributed by atoms with E-state index < -0.39 is 0 Å². The van der Waals surface area contributed by atoms with Crippen molar-refractivity contribution < 1.29 is 14.3 Å². The third-order valence-electron chi connectivity index (χ3n) is 5.78. The second kappa shape index (κ2) is 13.7. The summed E-state index contributed by atoms with van der Waals surface area (Å²) in [6.07, 6.45) is 1.89. The van der Waals surface area contributed by atoms with Crippen molar-refractivity contribution in [2.75, 3.05) is 13.2 Å². The molecule has 0 heterocycles.